The largest absolute Gasteiger partial charge is 0.444 e. The van der Waals surface area contributed by atoms with Crippen molar-refractivity contribution in [3.63, 3.8) is 0 Å². The first kappa shape index (κ1) is 20.6. The second-order valence-corrected chi connectivity index (χ2v) is 7.68. The average molecular weight is 408 g/mol. The van der Waals surface area contributed by atoms with E-state index in [1.807, 2.05) is 0 Å². The zero-order chi connectivity index (χ0) is 21.3. The standard InChI is InChI=1S/C19H22F2N4O4/c1-19(2,3)29-18(28)23-6-8-24(9-7-23)25-16(26)11-15(22-17(25)27)13-5-4-12(20)10-14(13)21/h4-5,10-11H,6-9H2,1-3H3,(H,22,27). The lowest BCUT2D eigenvalue weighted by molar-refractivity contribution is 0.0231. The van der Waals surface area contributed by atoms with Crippen molar-refractivity contribution in [3.8, 4) is 11.3 Å². The van der Waals surface area contributed by atoms with E-state index >= 15 is 0 Å². The smallest absolute Gasteiger partial charge is 0.410 e. The number of aromatic nitrogens is 2. The summed E-state index contributed by atoms with van der Waals surface area (Å²) in [6.45, 7) is 6.34. The van der Waals surface area contributed by atoms with Gasteiger partial charge in [0.25, 0.3) is 5.56 Å². The molecule has 0 bridgehead atoms. The number of aromatic amines is 1. The number of carbonyl (C=O) groups excluding carboxylic acids is 1. The number of ether oxygens (including phenoxy) is 1. The molecule has 0 radical (unpaired) electrons. The van der Waals surface area contributed by atoms with Crippen LogP contribution in [-0.2, 0) is 4.74 Å². The second-order valence-electron chi connectivity index (χ2n) is 7.68. The SMILES string of the molecule is CC(C)(C)OC(=O)N1CCN(n2c(=O)cc(-c3ccc(F)cc3F)[nH]c2=O)CC1. The zero-order valence-corrected chi connectivity index (χ0v) is 16.4. The highest BCUT2D eigenvalue weighted by atomic mass is 19.1. The number of nitrogens with one attached hydrogen (secondary N) is 1. The van der Waals surface area contributed by atoms with E-state index in [1.165, 1.54) is 9.91 Å². The Bertz CT molecular complexity index is 1000. The normalized spacial score (nSPS) is 14.8. The first-order valence-corrected chi connectivity index (χ1v) is 9.10. The van der Waals surface area contributed by atoms with E-state index in [9.17, 15) is 23.2 Å². The van der Waals surface area contributed by atoms with Crippen molar-refractivity contribution in [2.24, 2.45) is 0 Å². The summed E-state index contributed by atoms with van der Waals surface area (Å²) in [7, 11) is 0. The Morgan fingerprint density at radius 3 is 2.28 bits per heavy atom. The van der Waals surface area contributed by atoms with Crippen molar-refractivity contribution < 1.29 is 18.3 Å². The van der Waals surface area contributed by atoms with Crippen molar-refractivity contribution in [2.45, 2.75) is 26.4 Å². The van der Waals surface area contributed by atoms with Crippen LogP contribution in [0.25, 0.3) is 11.3 Å². The highest BCUT2D eigenvalue weighted by Crippen LogP contribution is 2.19. The van der Waals surface area contributed by atoms with Crippen LogP contribution in [0.1, 0.15) is 20.8 Å². The maximum Gasteiger partial charge on any atom is 0.410 e. The molecule has 2 aromatic rings. The molecule has 0 aliphatic carbocycles. The van der Waals surface area contributed by atoms with Crippen molar-refractivity contribution >= 4 is 6.09 Å². The minimum atomic E-state index is -0.885. The molecule has 1 fully saturated rings. The Morgan fingerprint density at radius 1 is 1.07 bits per heavy atom. The molecule has 8 nitrogen and oxygen atoms in total. The first-order valence-electron chi connectivity index (χ1n) is 9.10. The lowest BCUT2D eigenvalue weighted by Gasteiger charge is -2.36. The van der Waals surface area contributed by atoms with Gasteiger partial charge in [-0.15, -0.1) is 0 Å². The molecule has 10 heteroatoms. The van der Waals surface area contributed by atoms with E-state index in [-0.39, 0.29) is 37.4 Å². The van der Waals surface area contributed by atoms with Gasteiger partial charge in [-0.05, 0) is 32.9 Å². The van der Waals surface area contributed by atoms with E-state index in [4.69, 9.17) is 4.74 Å². The number of carbonyl (C=O) groups is 1. The number of nitrogens with zero attached hydrogens (tertiary/aromatic N) is 3. The Labute approximate surface area is 165 Å². The molecule has 29 heavy (non-hydrogen) atoms. The van der Waals surface area contributed by atoms with Gasteiger partial charge in [0.05, 0.1) is 18.8 Å². The van der Waals surface area contributed by atoms with Gasteiger partial charge in [0.2, 0.25) is 0 Å². The molecule has 1 amide bonds. The van der Waals surface area contributed by atoms with Gasteiger partial charge < -0.3 is 19.6 Å². The van der Waals surface area contributed by atoms with E-state index in [0.29, 0.717) is 6.07 Å². The topological polar surface area (TPSA) is 87.6 Å². The van der Waals surface area contributed by atoms with Crippen LogP contribution in [0.2, 0.25) is 0 Å². The Balaban J connectivity index is 1.78. The van der Waals surface area contributed by atoms with Gasteiger partial charge in [-0.25, -0.2) is 18.4 Å². The maximum absolute atomic E-state index is 14.0. The van der Waals surface area contributed by atoms with Crippen molar-refractivity contribution in [1.29, 1.82) is 0 Å². The monoisotopic (exact) mass is 408 g/mol. The fraction of sp³-hybridized carbons (Fsp3) is 0.421. The van der Waals surface area contributed by atoms with Crippen molar-refractivity contribution in [3.05, 3.63) is 56.7 Å². The van der Waals surface area contributed by atoms with Crippen LogP contribution in [0.3, 0.4) is 0 Å². The van der Waals surface area contributed by atoms with E-state index < -0.39 is 34.6 Å². The lowest BCUT2D eigenvalue weighted by Crippen LogP contribution is -2.59. The zero-order valence-electron chi connectivity index (χ0n) is 16.4. The van der Waals surface area contributed by atoms with Gasteiger partial charge in [-0.3, -0.25) is 4.79 Å². The van der Waals surface area contributed by atoms with Crippen molar-refractivity contribution in [1.82, 2.24) is 14.6 Å². The molecule has 0 saturated carbocycles. The Morgan fingerprint density at radius 2 is 1.72 bits per heavy atom. The van der Waals surface area contributed by atoms with E-state index in [2.05, 4.69) is 4.98 Å². The molecule has 0 atom stereocenters. The van der Waals surface area contributed by atoms with Crippen molar-refractivity contribution in [2.75, 3.05) is 31.2 Å². The van der Waals surface area contributed by atoms with Crippen LogP contribution in [-0.4, -0.2) is 52.4 Å². The quantitative estimate of drug-likeness (QED) is 0.817. The maximum atomic E-state index is 14.0. The highest BCUT2D eigenvalue weighted by molar-refractivity contribution is 5.68. The van der Waals surface area contributed by atoms with Crippen LogP contribution in [0.5, 0.6) is 0 Å². The number of H-pyrrole nitrogens is 1. The Kier molecular flexibility index (Phi) is 5.45. The van der Waals surface area contributed by atoms with Gasteiger partial charge in [-0.2, -0.15) is 4.68 Å². The molecule has 1 N–H and O–H groups in total. The molecule has 1 aliphatic heterocycles. The summed E-state index contributed by atoms with van der Waals surface area (Å²) >= 11 is 0. The molecule has 1 aliphatic rings. The van der Waals surface area contributed by atoms with Gasteiger partial charge in [-0.1, -0.05) is 0 Å². The van der Waals surface area contributed by atoms with Gasteiger partial charge in [0, 0.05) is 30.8 Å². The highest BCUT2D eigenvalue weighted by Gasteiger charge is 2.27. The molecule has 1 saturated heterocycles. The molecule has 2 heterocycles. The summed E-state index contributed by atoms with van der Waals surface area (Å²) in [6, 6.07) is 3.95. The summed E-state index contributed by atoms with van der Waals surface area (Å²) in [5.74, 6) is -1.64. The predicted molar refractivity (Wildman–Crippen MR) is 102 cm³/mol. The minimum Gasteiger partial charge on any atom is -0.444 e. The summed E-state index contributed by atoms with van der Waals surface area (Å²) in [5, 5.41) is 1.51. The molecule has 3 rings (SSSR count). The molecule has 156 valence electrons. The lowest BCUT2D eigenvalue weighted by atomic mass is 10.1. The Hall–Kier alpha value is -3.17. The average Bonchev–Trinajstić information content (AvgIpc) is 2.60. The predicted octanol–water partition coefficient (Wildman–Crippen LogP) is 1.67. The third kappa shape index (κ3) is 4.64. The molecule has 1 aromatic heterocycles. The number of rotatable bonds is 2. The third-order valence-corrected chi connectivity index (χ3v) is 4.32. The van der Waals surface area contributed by atoms with Crippen LogP contribution in [0.15, 0.2) is 33.9 Å². The molecule has 1 aromatic carbocycles. The molecule has 0 spiro atoms. The molecule has 0 unspecified atom stereocenters. The molecular weight excluding hydrogens is 386 g/mol. The number of halogens is 2. The van der Waals surface area contributed by atoms with E-state index in [1.54, 1.807) is 20.8 Å². The molecular formula is C19H22F2N4O4. The van der Waals surface area contributed by atoms with Crippen LogP contribution < -0.4 is 16.3 Å². The summed E-state index contributed by atoms with van der Waals surface area (Å²) in [5.41, 5.74) is -2.14. The van der Waals surface area contributed by atoms with Crippen LogP contribution in [0.4, 0.5) is 13.6 Å². The van der Waals surface area contributed by atoms with Gasteiger partial charge >= 0.3 is 11.8 Å². The van der Waals surface area contributed by atoms with Gasteiger partial charge in [0.15, 0.2) is 0 Å². The van der Waals surface area contributed by atoms with Crippen LogP contribution >= 0.6 is 0 Å². The van der Waals surface area contributed by atoms with Crippen LogP contribution in [0, 0.1) is 11.6 Å². The number of hydrogen-bond donors (Lipinski definition) is 1. The van der Waals surface area contributed by atoms with E-state index in [0.717, 1.165) is 22.9 Å². The second kappa shape index (κ2) is 7.69. The fourth-order valence-corrected chi connectivity index (χ4v) is 3.01. The number of hydrogen-bond acceptors (Lipinski definition) is 5. The van der Waals surface area contributed by atoms with Gasteiger partial charge in [0.1, 0.15) is 17.2 Å². The summed E-state index contributed by atoms with van der Waals surface area (Å²) in [4.78, 5) is 41.1. The fourth-order valence-electron chi connectivity index (χ4n) is 3.01. The summed E-state index contributed by atoms with van der Waals surface area (Å²) in [6.07, 6.45) is -0.458. The third-order valence-electron chi connectivity index (χ3n) is 4.32. The number of benzene rings is 1. The number of amides is 1. The number of piperazine rings is 1. The minimum absolute atomic E-state index is 0.0406. The first-order chi connectivity index (χ1) is 13.5. The summed E-state index contributed by atoms with van der Waals surface area (Å²) < 4.78 is 33.3.